The fraction of sp³-hybridized carbons (Fsp3) is 0.200. The Labute approximate surface area is 108 Å². The lowest BCUT2D eigenvalue weighted by atomic mass is 9.87. The van der Waals surface area contributed by atoms with Crippen molar-refractivity contribution in [3.63, 3.8) is 0 Å². The molecule has 1 nitrogen and oxygen atoms in total. The fourth-order valence-corrected chi connectivity index (χ4v) is 2.78. The van der Waals surface area contributed by atoms with E-state index < -0.39 is 23.1 Å². The molecule has 0 aromatic heterocycles. The van der Waals surface area contributed by atoms with E-state index in [1.54, 1.807) is 0 Å². The van der Waals surface area contributed by atoms with Gasteiger partial charge in [0.05, 0.1) is 5.56 Å². The average Bonchev–Trinajstić information content (AvgIpc) is 2.67. The van der Waals surface area contributed by atoms with Crippen molar-refractivity contribution in [2.75, 3.05) is 0 Å². The Balaban J connectivity index is 2.22. The Kier molecular flexibility index (Phi) is 2.64. The first-order valence-corrected chi connectivity index (χ1v) is 5.98. The summed E-state index contributed by atoms with van der Waals surface area (Å²) in [6, 6.07) is 7.34. The van der Waals surface area contributed by atoms with Gasteiger partial charge in [-0.3, -0.25) is 0 Å². The molecular formula is C15H11F3O. The minimum atomic E-state index is -1.72. The predicted octanol–water partition coefficient (Wildman–Crippen LogP) is 3.29. The second-order valence-electron chi connectivity index (χ2n) is 4.76. The first-order chi connectivity index (χ1) is 9.02. The second-order valence-corrected chi connectivity index (χ2v) is 4.76. The van der Waals surface area contributed by atoms with Crippen LogP contribution in [0.2, 0.25) is 0 Å². The van der Waals surface area contributed by atoms with E-state index in [2.05, 4.69) is 0 Å². The van der Waals surface area contributed by atoms with E-state index >= 15 is 0 Å². The van der Waals surface area contributed by atoms with Gasteiger partial charge in [-0.25, -0.2) is 13.2 Å². The van der Waals surface area contributed by atoms with Crippen LogP contribution in [0.15, 0.2) is 36.4 Å². The third kappa shape index (κ3) is 1.75. The molecule has 0 fully saturated rings. The SMILES string of the molecule is OC1(c2c(F)cccc2F)CCc2cc(F)ccc21. The highest BCUT2D eigenvalue weighted by Gasteiger charge is 2.42. The van der Waals surface area contributed by atoms with Gasteiger partial charge in [0.15, 0.2) is 0 Å². The highest BCUT2D eigenvalue weighted by atomic mass is 19.1. The number of rotatable bonds is 1. The zero-order valence-corrected chi connectivity index (χ0v) is 9.96. The summed E-state index contributed by atoms with van der Waals surface area (Å²) in [4.78, 5) is 0. The third-order valence-electron chi connectivity index (χ3n) is 3.65. The quantitative estimate of drug-likeness (QED) is 0.838. The van der Waals surface area contributed by atoms with Gasteiger partial charge >= 0.3 is 0 Å². The van der Waals surface area contributed by atoms with Crippen molar-refractivity contribution >= 4 is 0 Å². The molecule has 3 rings (SSSR count). The molecule has 0 spiro atoms. The van der Waals surface area contributed by atoms with Gasteiger partial charge in [0.25, 0.3) is 0 Å². The topological polar surface area (TPSA) is 20.2 Å². The number of fused-ring (bicyclic) bond motifs is 1. The summed E-state index contributed by atoms with van der Waals surface area (Å²) < 4.78 is 40.8. The lowest BCUT2D eigenvalue weighted by Gasteiger charge is -2.25. The van der Waals surface area contributed by atoms with Crippen molar-refractivity contribution in [3.05, 3.63) is 70.5 Å². The molecule has 19 heavy (non-hydrogen) atoms. The summed E-state index contributed by atoms with van der Waals surface area (Å²) in [7, 11) is 0. The van der Waals surface area contributed by atoms with Gasteiger partial charge in [-0.1, -0.05) is 12.1 Å². The van der Waals surface area contributed by atoms with Crippen LogP contribution in [0.1, 0.15) is 23.1 Å². The van der Waals surface area contributed by atoms with Crippen LogP contribution in [0.5, 0.6) is 0 Å². The number of aryl methyl sites for hydroxylation is 1. The molecule has 1 N–H and O–H groups in total. The lowest BCUT2D eigenvalue weighted by Crippen LogP contribution is -2.27. The van der Waals surface area contributed by atoms with Crippen molar-refractivity contribution in [1.29, 1.82) is 0 Å². The molecule has 2 aromatic rings. The smallest absolute Gasteiger partial charge is 0.132 e. The van der Waals surface area contributed by atoms with Crippen molar-refractivity contribution < 1.29 is 18.3 Å². The largest absolute Gasteiger partial charge is 0.380 e. The van der Waals surface area contributed by atoms with E-state index in [0.717, 1.165) is 12.1 Å². The lowest BCUT2D eigenvalue weighted by molar-refractivity contribution is 0.0746. The maximum atomic E-state index is 13.8. The van der Waals surface area contributed by atoms with E-state index in [0.29, 0.717) is 17.5 Å². The van der Waals surface area contributed by atoms with Gasteiger partial charge < -0.3 is 5.11 Å². The molecule has 1 aliphatic rings. The monoisotopic (exact) mass is 264 g/mol. The van der Waals surface area contributed by atoms with E-state index in [1.165, 1.54) is 24.3 Å². The molecule has 98 valence electrons. The summed E-state index contributed by atoms with van der Waals surface area (Å²) in [5.74, 6) is -2.00. The number of hydrogen-bond acceptors (Lipinski definition) is 1. The van der Waals surface area contributed by atoms with Gasteiger partial charge in [0.2, 0.25) is 0 Å². The van der Waals surface area contributed by atoms with Gasteiger partial charge in [-0.15, -0.1) is 0 Å². The molecule has 2 aromatic carbocycles. The van der Waals surface area contributed by atoms with E-state index in [9.17, 15) is 18.3 Å². The third-order valence-corrected chi connectivity index (χ3v) is 3.65. The van der Waals surface area contributed by atoms with Crippen molar-refractivity contribution in [2.24, 2.45) is 0 Å². The molecular weight excluding hydrogens is 253 g/mol. The number of benzene rings is 2. The van der Waals surface area contributed by atoms with E-state index in [4.69, 9.17) is 0 Å². The van der Waals surface area contributed by atoms with Crippen LogP contribution in [0.4, 0.5) is 13.2 Å². The average molecular weight is 264 g/mol. The Morgan fingerprint density at radius 1 is 1.00 bits per heavy atom. The fourth-order valence-electron chi connectivity index (χ4n) is 2.78. The van der Waals surface area contributed by atoms with Crippen LogP contribution >= 0.6 is 0 Å². The van der Waals surface area contributed by atoms with Crippen molar-refractivity contribution in [2.45, 2.75) is 18.4 Å². The zero-order chi connectivity index (χ0) is 13.6. The first kappa shape index (κ1) is 12.2. The Morgan fingerprint density at radius 2 is 1.68 bits per heavy atom. The maximum Gasteiger partial charge on any atom is 0.132 e. The van der Waals surface area contributed by atoms with Gasteiger partial charge in [-0.05, 0) is 48.2 Å². The Bertz CT molecular complexity index is 634. The van der Waals surface area contributed by atoms with Gasteiger partial charge in [-0.2, -0.15) is 0 Å². The summed E-state index contributed by atoms with van der Waals surface area (Å²) in [6.45, 7) is 0. The number of hydrogen-bond donors (Lipinski definition) is 1. The van der Waals surface area contributed by atoms with E-state index in [-0.39, 0.29) is 12.0 Å². The molecule has 4 heteroatoms. The zero-order valence-electron chi connectivity index (χ0n) is 9.96. The molecule has 0 radical (unpaired) electrons. The molecule has 0 amide bonds. The summed E-state index contributed by atoms with van der Waals surface area (Å²) in [5.41, 5.74) is -1.12. The number of halogens is 3. The normalized spacial score (nSPS) is 21.5. The number of aliphatic hydroxyl groups is 1. The summed E-state index contributed by atoms with van der Waals surface area (Å²) in [5, 5.41) is 10.7. The summed E-state index contributed by atoms with van der Waals surface area (Å²) in [6.07, 6.45) is 0.529. The molecule has 1 atom stereocenters. The van der Waals surface area contributed by atoms with Crippen LogP contribution in [0.25, 0.3) is 0 Å². The van der Waals surface area contributed by atoms with Crippen LogP contribution in [-0.2, 0) is 12.0 Å². The highest BCUT2D eigenvalue weighted by Crippen LogP contribution is 2.43. The molecule has 1 unspecified atom stereocenters. The maximum absolute atomic E-state index is 13.8. The molecule has 0 saturated heterocycles. The van der Waals surface area contributed by atoms with Crippen LogP contribution in [0, 0.1) is 17.5 Å². The molecule has 0 saturated carbocycles. The van der Waals surface area contributed by atoms with Crippen molar-refractivity contribution in [1.82, 2.24) is 0 Å². The predicted molar refractivity (Wildman–Crippen MR) is 64.1 cm³/mol. The molecule has 0 bridgehead atoms. The first-order valence-electron chi connectivity index (χ1n) is 5.98. The van der Waals surface area contributed by atoms with Crippen LogP contribution in [0.3, 0.4) is 0 Å². The highest BCUT2D eigenvalue weighted by molar-refractivity contribution is 5.46. The minimum Gasteiger partial charge on any atom is -0.380 e. The van der Waals surface area contributed by atoms with E-state index in [1.807, 2.05) is 0 Å². The molecule has 1 aliphatic carbocycles. The standard InChI is InChI=1S/C15H11F3O/c16-10-4-5-11-9(8-10)6-7-15(11,19)14-12(17)2-1-3-13(14)18/h1-5,8,19H,6-7H2. The molecule has 0 aliphatic heterocycles. The minimum absolute atomic E-state index is 0.142. The molecule has 0 heterocycles. The van der Waals surface area contributed by atoms with Crippen molar-refractivity contribution in [3.8, 4) is 0 Å². The second kappa shape index (κ2) is 4.10. The Morgan fingerprint density at radius 3 is 2.37 bits per heavy atom. The van der Waals surface area contributed by atoms with Gasteiger partial charge in [0.1, 0.15) is 23.1 Å². The summed E-state index contributed by atoms with van der Waals surface area (Å²) >= 11 is 0. The van der Waals surface area contributed by atoms with Crippen LogP contribution < -0.4 is 0 Å². The van der Waals surface area contributed by atoms with Gasteiger partial charge in [0, 0.05) is 0 Å². The van der Waals surface area contributed by atoms with Crippen LogP contribution in [-0.4, -0.2) is 5.11 Å². The Hall–Kier alpha value is -1.81.